The highest BCUT2D eigenvalue weighted by atomic mass is 19.4. The maximum Gasteiger partial charge on any atom is 0.573 e. The second kappa shape index (κ2) is 7.07. The van der Waals surface area contributed by atoms with Gasteiger partial charge in [0, 0.05) is 5.69 Å². The van der Waals surface area contributed by atoms with E-state index in [-0.39, 0.29) is 5.69 Å². The molecule has 1 unspecified atom stereocenters. The number of rotatable bonds is 5. The van der Waals surface area contributed by atoms with Gasteiger partial charge in [0.2, 0.25) is 0 Å². The predicted octanol–water partition coefficient (Wildman–Crippen LogP) is 2.33. The number of hydrogen-bond acceptors (Lipinski definition) is 3. The summed E-state index contributed by atoms with van der Waals surface area (Å²) in [6.07, 6.45) is -9.82. The first-order chi connectivity index (χ1) is 9.67. The molecule has 0 saturated carbocycles. The van der Waals surface area contributed by atoms with Crippen molar-refractivity contribution in [3.8, 4) is 5.75 Å². The number of amides is 2. The SMILES string of the molecule is O=C(NCC(O)C(F)F)Nc1ccc(OC(F)(F)F)cc1. The van der Waals surface area contributed by atoms with Gasteiger partial charge in [-0.25, -0.2) is 13.6 Å². The molecule has 0 spiro atoms. The van der Waals surface area contributed by atoms with E-state index >= 15 is 0 Å². The van der Waals surface area contributed by atoms with E-state index in [0.29, 0.717) is 0 Å². The Morgan fingerprint density at radius 3 is 2.29 bits per heavy atom. The molecule has 0 saturated heterocycles. The number of aliphatic hydroxyl groups excluding tert-OH is 1. The zero-order chi connectivity index (χ0) is 16.0. The Morgan fingerprint density at radius 1 is 1.24 bits per heavy atom. The largest absolute Gasteiger partial charge is 0.573 e. The van der Waals surface area contributed by atoms with Crippen LogP contribution in [0, 0.1) is 0 Å². The molecule has 1 aromatic carbocycles. The smallest absolute Gasteiger partial charge is 0.406 e. The van der Waals surface area contributed by atoms with E-state index in [2.05, 4.69) is 10.1 Å². The third kappa shape index (κ3) is 6.75. The average Bonchev–Trinajstić information content (AvgIpc) is 2.36. The van der Waals surface area contributed by atoms with E-state index in [1.165, 1.54) is 0 Å². The maximum atomic E-state index is 12.0. The number of halogens is 5. The highest BCUT2D eigenvalue weighted by Gasteiger charge is 2.30. The van der Waals surface area contributed by atoms with Crippen LogP contribution in [-0.4, -0.2) is 36.6 Å². The molecular formula is C11H11F5N2O3. The molecule has 5 nitrogen and oxygen atoms in total. The predicted molar refractivity (Wildman–Crippen MR) is 62.2 cm³/mol. The van der Waals surface area contributed by atoms with Crippen molar-refractivity contribution in [3.63, 3.8) is 0 Å². The lowest BCUT2D eigenvalue weighted by atomic mass is 10.3. The Kier molecular flexibility index (Phi) is 5.70. The van der Waals surface area contributed by atoms with Crippen LogP contribution >= 0.6 is 0 Å². The van der Waals surface area contributed by atoms with Crippen LogP contribution in [0.1, 0.15) is 0 Å². The second-order valence-corrected chi connectivity index (χ2v) is 3.81. The number of urea groups is 1. The van der Waals surface area contributed by atoms with Crippen molar-refractivity contribution in [2.75, 3.05) is 11.9 Å². The number of nitrogens with one attached hydrogen (secondary N) is 2. The zero-order valence-corrected chi connectivity index (χ0v) is 10.3. The molecule has 0 heterocycles. The number of anilines is 1. The Hall–Kier alpha value is -2.10. The van der Waals surface area contributed by atoms with Crippen molar-refractivity contribution >= 4 is 11.7 Å². The standard InChI is InChI=1S/C11H11F5N2O3/c12-9(13)8(19)5-17-10(20)18-6-1-3-7(4-2-6)21-11(14,15)16/h1-4,8-9,19H,5H2,(H2,17,18,20). The van der Waals surface area contributed by atoms with Gasteiger partial charge in [-0.1, -0.05) is 0 Å². The van der Waals surface area contributed by atoms with Crippen molar-refractivity contribution in [1.82, 2.24) is 5.32 Å². The molecule has 10 heteroatoms. The molecule has 0 aliphatic heterocycles. The minimum Gasteiger partial charge on any atom is -0.406 e. The van der Waals surface area contributed by atoms with Gasteiger partial charge in [0.15, 0.2) is 0 Å². The summed E-state index contributed by atoms with van der Waals surface area (Å²) in [6, 6.07) is 3.31. The molecule has 1 aromatic rings. The summed E-state index contributed by atoms with van der Waals surface area (Å²) in [5, 5.41) is 12.9. The molecule has 118 valence electrons. The van der Waals surface area contributed by atoms with Crippen molar-refractivity contribution in [2.45, 2.75) is 18.9 Å². The Bertz CT molecular complexity index is 464. The molecule has 21 heavy (non-hydrogen) atoms. The van der Waals surface area contributed by atoms with Gasteiger partial charge in [-0.15, -0.1) is 13.2 Å². The summed E-state index contributed by atoms with van der Waals surface area (Å²) in [5.41, 5.74) is 0.119. The third-order valence-electron chi connectivity index (χ3n) is 2.11. The monoisotopic (exact) mass is 314 g/mol. The molecule has 0 aliphatic rings. The molecule has 0 fully saturated rings. The van der Waals surface area contributed by atoms with Gasteiger partial charge in [0.1, 0.15) is 11.9 Å². The van der Waals surface area contributed by atoms with Crippen LogP contribution < -0.4 is 15.4 Å². The van der Waals surface area contributed by atoms with Crippen molar-refractivity contribution < 1.29 is 36.6 Å². The topological polar surface area (TPSA) is 70.6 Å². The number of hydrogen-bond donors (Lipinski definition) is 3. The number of carbonyl (C=O) groups excluding carboxylic acids is 1. The number of carbonyl (C=O) groups is 1. The Labute approximate surface area is 115 Å². The Balaban J connectivity index is 2.46. The fraction of sp³-hybridized carbons (Fsp3) is 0.364. The van der Waals surface area contributed by atoms with Gasteiger partial charge < -0.3 is 20.5 Å². The highest BCUT2D eigenvalue weighted by molar-refractivity contribution is 5.89. The summed E-state index contributed by atoms with van der Waals surface area (Å²) in [5.74, 6) is -0.471. The molecule has 0 aliphatic carbocycles. The molecule has 0 bridgehead atoms. The van der Waals surface area contributed by atoms with Crippen LogP contribution in [0.15, 0.2) is 24.3 Å². The minimum atomic E-state index is -4.82. The van der Waals surface area contributed by atoms with Gasteiger partial charge in [-0.2, -0.15) is 0 Å². The van der Waals surface area contributed by atoms with Crippen LogP contribution in [0.3, 0.4) is 0 Å². The van der Waals surface area contributed by atoms with E-state index in [1.807, 2.05) is 5.32 Å². The number of benzene rings is 1. The summed E-state index contributed by atoms with van der Waals surface area (Å²) < 4.78 is 63.3. The van der Waals surface area contributed by atoms with Gasteiger partial charge in [-0.3, -0.25) is 0 Å². The van der Waals surface area contributed by atoms with Gasteiger partial charge in [0.25, 0.3) is 6.43 Å². The molecule has 1 rings (SSSR count). The quantitative estimate of drug-likeness (QED) is 0.731. The summed E-state index contributed by atoms with van der Waals surface area (Å²) in [7, 11) is 0. The first kappa shape index (κ1) is 17.0. The lowest BCUT2D eigenvalue weighted by Crippen LogP contribution is -2.38. The van der Waals surface area contributed by atoms with Crippen LogP contribution in [0.2, 0.25) is 0 Å². The lowest BCUT2D eigenvalue weighted by molar-refractivity contribution is -0.274. The number of ether oxygens (including phenoxy) is 1. The normalized spacial score (nSPS) is 12.9. The van der Waals surface area contributed by atoms with Crippen molar-refractivity contribution in [1.29, 1.82) is 0 Å². The van der Waals surface area contributed by atoms with Crippen LogP contribution in [0.4, 0.5) is 32.4 Å². The molecule has 0 radical (unpaired) electrons. The van der Waals surface area contributed by atoms with Gasteiger partial charge in [0.05, 0.1) is 6.54 Å². The van der Waals surface area contributed by atoms with E-state index in [0.717, 1.165) is 24.3 Å². The summed E-state index contributed by atoms with van der Waals surface area (Å²) >= 11 is 0. The maximum absolute atomic E-state index is 12.0. The van der Waals surface area contributed by atoms with E-state index in [1.54, 1.807) is 0 Å². The molecule has 3 N–H and O–H groups in total. The fourth-order valence-corrected chi connectivity index (χ4v) is 1.20. The third-order valence-corrected chi connectivity index (χ3v) is 2.11. The van der Waals surface area contributed by atoms with Crippen LogP contribution in [-0.2, 0) is 0 Å². The first-order valence-corrected chi connectivity index (χ1v) is 5.54. The van der Waals surface area contributed by atoms with Crippen molar-refractivity contribution in [2.24, 2.45) is 0 Å². The van der Waals surface area contributed by atoms with Gasteiger partial charge >= 0.3 is 12.4 Å². The molecule has 2 amide bonds. The molecule has 0 aromatic heterocycles. The molecule has 1 atom stereocenters. The summed E-state index contributed by atoms with van der Waals surface area (Å²) in [4.78, 5) is 11.3. The van der Waals surface area contributed by atoms with E-state index in [4.69, 9.17) is 5.11 Å². The van der Waals surface area contributed by atoms with E-state index in [9.17, 15) is 26.7 Å². The first-order valence-electron chi connectivity index (χ1n) is 5.54. The highest BCUT2D eigenvalue weighted by Crippen LogP contribution is 2.23. The lowest BCUT2D eigenvalue weighted by Gasteiger charge is -2.12. The second-order valence-electron chi connectivity index (χ2n) is 3.81. The van der Waals surface area contributed by atoms with E-state index < -0.39 is 37.2 Å². The van der Waals surface area contributed by atoms with Gasteiger partial charge in [-0.05, 0) is 24.3 Å². The fourth-order valence-electron chi connectivity index (χ4n) is 1.20. The van der Waals surface area contributed by atoms with Crippen molar-refractivity contribution in [3.05, 3.63) is 24.3 Å². The Morgan fingerprint density at radius 2 is 1.81 bits per heavy atom. The van der Waals surface area contributed by atoms with Crippen LogP contribution in [0.5, 0.6) is 5.75 Å². The molecular weight excluding hydrogens is 303 g/mol. The average molecular weight is 314 g/mol. The number of aliphatic hydroxyl groups is 1. The summed E-state index contributed by atoms with van der Waals surface area (Å²) in [6.45, 7) is -0.668. The van der Waals surface area contributed by atoms with Crippen LogP contribution in [0.25, 0.3) is 0 Å². The zero-order valence-electron chi connectivity index (χ0n) is 10.3. The number of alkyl halides is 5. The minimum absolute atomic E-state index is 0.119.